The Balaban J connectivity index is 1.90. The van der Waals surface area contributed by atoms with Crippen LogP contribution in [0.2, 0.25) is 5.02 Å². The van der Waals surface area contributed by atoms with Crippen molar-refractivity contribution in [1.29, 1.82) is 0 Å². The third kappa shape index (κ3) is 4.87. The van der Waals surface area contributed by atoms with Crippen molar-refractivity contribution < 1.29 is 19.2 Å². The number of carbonyl (C=O) groups excluding carboxylic acids is 2. The summed E-state index contributed by atoms with van der Waals surface area (Å²) in [7, 11) is 0. The fraction of sp³-hybridized carbons (Fsp3) is 0.429. The number of hydrogen-bond acceptors (Lipinski definition) is 5. The number of imide groups is 1. The van der Waals surface area contributed by atoms with Gasteiger partial charge >= 0.3 is 6.03 Å². The molecule has 22 heavy (non-hydrogen) atoms. The molecule has 1 aliphatic heterocycles. The molecule has 0 unspecified atom stereocenters. The van der Waals surface area contributed by atoms with E-state index in [4.69, 9.17) is 21.2 Å². The monoisotopic (exact) mass is 327 g/mol. The van der Waals surface area contributed by atoms with E-state index in [-0.39, 0.29) is 0 Å². The van der Waals surface area contributed by atoms with Crippen LogP contribution in [0, 0.1) is 0 Å². The molecule has 0 atom stereocenters. The zero-order valence-electron chi connectivity index (χ0n) is 12.3. The number of hydrogen-bond donors (Lipinski definition) is 1. The minimum atomic E-state index is -0.617. The van der Waals surface area contributed by atoms with E-state index in [0.717, 1.165) is 13.1 Å². The van der Waals surface area contributed by atoms with Crippen LogP contribution >= 0.6 is 11.6 Å². The number of nitrogens with one attached hydrogen (secondary N) is 1. The van der Waals surface area contributed by atoms with Crippen molar-refractivity contribution >= 4 is 23.5 Å². The largest absolute Gasteiger partial charge is 0.379 e. The smallest absolute Gasteiger partial charge is 0.359 e. The molecule has 7 nitrogen and oxygen atoms in total. The molecule has 0 aliphatic carbocycles. The summed E-state index contributed by atoms with van der Waals surface area (Å²) in [5.41, 5.74) is 0. The number of amides is 3. The highest BCUT2D eigenvalue weighted by Crippen LogP contribution is 2.16. The summed E-state index contributed by atoms with van der Waals surface area (Å²) >= 11 is 5.78. The van der Waals surface area contributed by atoms with Gasteiger partial charge in [0.1, 0.15) is 0 Å². The standard InChI is InChI=1S/C14H18ClN3O4/c1-11(19)18(22-13-4-2-12(15)3-5-13)14(20)16-10-17-6-8-21-9-7-17/h2-5H,6-10H2,1H3,(H,16,20). The lowest BCUT2D eigenvalue weighted by molar-refractivity contribution is -0.144. The molecule has 8 heteroatoms. The lowest BCUT2D eigenvalue weighted by Crippen LogP contribution is -2.50. The van der Waals surface area contributed by atoms with Crippen LogP contribution in [-0.4, -0.2) is 54.9 Å². The minimum absolute atomic E-state index is 0.329. The number of ether oxygens (including phenoxy) is 1. The molecule has 0 bridgehead atoms. The number of rotatable bonds is 4. The molecule has 0 radical (unpaired) electrons. The van der Waals surface area contributed by atoms with Gasteiger partial charge in [-0.3, -0.25) is 9.69 Å². The average molecular weight is 328 g/mol. The van der Waals surface area contributed by atoms with Crippen LogP contribution in [0.4, 0.5) is 4.79 Å². The predicted octanol–water partition coefficient (Wildman–Crippen LogP) is 1.48. The number of morpholine rings is 1. The van der Waals surface area contributed by atoms with Crippen molar-refractivity contribution in [1.82, 2.24) is 15.3 Å². The van der Waals surface area contributed by atoms with E-state index >= 15 is 0 Å². The van der Waals surface area contributed by atoms with Crippen LogP contribution in [-0.2, 0) is 9.53 Å². The summed E-state index contributed by atoms with van der Waals surface area (Å²) in [6, 6.07) is 5.76. The Bertz CT molecular complexity index is 517. The number of halogens is 1. The Morgan fingerprint density at radius 2 is 1.95 bits per heavy atom. The van der Waals surface area contributed by atoms with Crippen LogP contribution in [0.3, 0.4) is 0 Å². The molecule has 1 aromatic carbocycles. The van der Waals surface area contributed by atoms with Gasteiger partial charge in [0.05, 0.1) is 19.9 Å². The minimum Gasteiger partial charge on any atom is -0.379 e. The highest BCUT2D eigenvalue weighted by molar-refractivity contribution is 6.30. The highest BCUT2D eigenvalue weighted by atomic mass is 35.5. The van der Waals surface area contributed by atoms with Gasteiger partial charge in [-0.05, 0) is 24.3 Å². The molecular formula is C14H18ClN3O4. The summed E-state index contributed by atoms with van der Waals surface area (Å²) in [6.07, 6.45) is 0. The van der Waals surface area contributed by atoms with Crippen molar-refractivity contribution in [2.75, 3.05) is 33.0 Å². The molecule has 1 aromatic rings. The molecule has 1 heterocycles. The maximum atomic E-state index is 12.1. The fourth-order valence-corrected chi connectivity index (χ4v) is 1.99. The third-order valence-electron chi connectivity index (χ3n) is 3.04. The van der Waals surface area contributed by atoms with Gasteiger partial charge in [-0.25, -0.2) is 4.79 Å². The topological polar surface area (TPSA) is 71.1 Å². The lowest BCUT2D eigenvalue weighted by Gasteiger charge is -2.27. The van der Waals surface area contributed by atoms with Crippen LogP contribution < -0.4 is 10.2 Å². The summed E-state index contributed by atoms with van der Waals surface area (Å²) in [4.78, 5) is 31.0. The van der Waals surface area contributed by atoms with E-state index in [1.807, 2.05) is 4.90 Å². The predicted molar refractivity (Wildman–Crippen MR) is 80.4 cm³/mol. The number of benzene rings is 1. The molecule has 0 aromatic heterocycles. The van der Waals surface area contributed by atoms with Gasteiger partial charge in [0.25, 0.3) is 5.91 Å². The molecule has 1 N–H and O–H groups in total. The Kier molecular flexibility index (Phi) is 6.00. The van der Waals surface area contributed by atoms with Crippen molar-refractivity contribution in [2.45, 2.75) is 6.92 Å². The van der Waals surface area contributed by atoms with E-state index < -0.39 is 11.9 Å². The maximum Gasteiger partial charge on any atom is 0.359 e. The zero-order valence-corrected chi connectivity index (χ0v) is 13.0. The second-order valence-electron chi connectivity index (χ2n) is 4.73. The first kappa shape index (κ1) is 16.5. The summed E-state index contributed by atoms with van der Waals surface area (Å²) in [5.74, 6) is -0.171. The van der Waals surface area contributed by atoms with Crippen LogP contribution in [0.25, 0.3) is 0 Å². The number of nitrogens with zero attached hydrogens (tertiary/aromatic N) is 2. The van der Waals surface area contributed by atoms with E-state index in [1.54, 1.807) is 24.3 Å². The average Bonchev–Trinajstić information content (AvgIpc) is 2.52. The zero-order chi connectivity index (χ0) is 15.9. The first-order valence-corrected chi connectivity index (χ1v) is 7.26. The van der Waals surface area contributed by atoms with Crippen LogP contribution in [0.15, 0.2) is 24.3 Å². The molecule has 3 amide bonds. The molecule has 1 saturated heterocycles. The Morgan fingerprint density at radius 3 is 2.55 bits per heavy atom. The Morgan fingerprint density at radius 1 is 1.32 bits per heavy atom. The third-order valence-corrected chi connectivity index (χ3v) is 3.29. The van der Waals surface area contributed by atoms with Crippen molar-refractivity contribution in [3.63, 3.8) is 0 Å². The van der Waals surface area contributed by atoms with Gasteiger partial charge < -0.3 is 14.9 Å². The van der Waals surface area contributed by atoms with Gasteiger partial charge in [0.15, 0.2) is 5.75 Å². The second-order valence-corrected chi connectivity index (χ2v) is 5.17. The summed E-state index contributed by atoms with van der Waals surface area (Å²) in [5, 5.41) is 3.88. The fourth-order valence-electron chi connectivity index (χ4n) is 1.86. The molecule has 2 rings (SSSR count). The molecule has 120 valence electrons. The number of urea groups is 1. The van der Waals surface area contributed by atoms with E-state index in [9.17, 15) is 9.59 Å². The van der Waals surface area contributed by atoms with Gasteiger partial charge in [-0.15, -0.1) is 0 Å². The van der Waals surface area contributed by atoms with Gasteiger partial charge in [-0.2, -0.15) is 0 Å². The first-order chi connectivity index (χ1) is 10.6. The maximum absolute atomic E-state index is 12.1. The van der Waals surface area contributed by atoms with E-state index in [0.29, 0.717) is 35.7 Å². The normalized spacial score (nSPS) is 15.2. The van der Waals surface area contributed by atoms with Crippen LogP contribution in [0.5, 0.6) is 5.75 Å². The van der Waals surface area contributed by atoms with Crippen molar-refractivity contribution in [3.05, 3.63) is 29.3 Å². The highest BCUT2D eigenvalue weighted by Gasteiger charge is 2.21. The quantitative estimate of drug-likeness (QED) is 0.848. The van der Waals surface area contributed by atoms with Gasteiger partial charge in [-0.1, -0.05) is 16.7 Å². The van der Waals surface area contributed by atoms with E-state index in [2.05, 4.69) is 5.32 Å². The number of carbonyl (C=O) groups is 2. The molecular weight excluding hydrogens is 310 g/mol. The number of hydroxylamine groups is 2. The van der Waals surface area contributed by atoms with Crippen LogP contribution in [0.1, 0.15) is 6.92 Å². The van der Waals surface area contributed by atoms with Gasteiger partial charge in [0, 0.05) is 25.0 Å². The summed E-state index contributed by atoms with van der Waals surface area (Å²) < 4.78 is 5.23. The molecule has 0 spiro atoms. The first-order valence-electron chi connectivity index (χ1n) is 6.88. The second kappa shape index (κ2) is 7.98. The van der Waals surface area contributed by atoms with Crippen molar-refractivity contribution in [3.8, 4) is 5.75 Å². The van der Waals surface area contributed by atoms with Gasteiger partial charge in [0.2, 0.25) is 0 Å². The van der Waals surface area contributed by atoms with Crippen molar-refractivity contribution in [2.24, 2.45) is 0 Å². The summed E-state index contributed by atoms with van der Waals surface area (Å²) in [6.45, 7) is 4.32. The Hall–Kier alpha value is -1.83. The molecule has 0 saturated carbocycles. The Labute approximate surface area is 133 Å². The molecule has 1 aliphatic rings. The van der Waals surface area contributed by atoms with E-state index in [1.165, 1.54) is 6.92 Å². The lowest BCUT2D eigenvalue weighted by atomic mass is 10.3. The SMILES string of the molecule is CC(=O)N(Oc1ccc(Cl)cc1)C(=O)NCN1CCOCC1. The molecule has 1 fully saturated rings.